The molecule has 4 heteroatoms. The lowest BCUT2D eigenvalue weighted by Gasteiger charge is -2.29. The molecule has 0 N–H and O–H groups in total. The van der Waals surface area contributed by atoms with Crippen LogP contribution >= 0.6 is 15.9 Å². The molecule has 0 spiro atoms. The van der Waals surface area contributed by atoms with Gasteiger partial charge in [-0.3, -0.25) is 0 Å². The van der Waals surface area contributed by atoms with Crippen molar-refractivity contribution < 1.29 is 4.74 Å². The number of halogens is 1. The second-order valence-corrected chi connectivity index (χ2v) is 7.07. The Morgan fingerprint density at radius 2 is 1.84 bits per heavy atom. The van der Waals surface area contributed by atoms with Gasteiger partial charge in [0, 0.05) is 34.9 Å². The molecule has 1 saturated heterocycles. The highest BCUT2D eigenvalue weighted by molar-refractivity contribution is 9.10. The molecule has 128 valence electrons. The van der Waals surface area contributed by atoms with E-state index in [4.69, 9.17) is 4.74 Å². The van der Waals surface area contributed by atoms with E-state index in [0.29, 0.717) is 5.57 Å². The summed E-state index contributed by atoms with van der Waals surface area (Å²) >= 11 is 3.42. The molecule has 3 nitrogen and oxygen atoms in total. The van der Waals surface area contributed by atoms with Crippen molar-refractivity contribution in [2.75, 3.05) is 25.1 Å². The maximum atomic E-state index is 9.55. The number of anilines is 1. The van der Waals surface area contributed by atoms with E-state index in [1.165, 1.54) is 24.9 Å². The Kier molecular flexibility index (Phi) is 5.78. The van der Waals surface area contributed by atoms with Crippen LogP contribution in [0.1, 0.15) is 30.4 Å². The molecular formula is C21H21BrN2O. The summed E-state index contributed by atoms with van der Waals surface area (Å²) in [5.74, 6) is 0.799. The van der Waals surface area contributed by atoms with Crippen molar-refractivity contribution in [2.24, 2.45) is 0 Å². The van der Waals surface area contributed by atoms with Crippen molar-refractivity contribution in [3.63, 3.8) is 0 Å². The molecule has 0 unspecified atom stereocenters. The smallest absolute Gasteiger partial charge is 0.128 e. The molecule has 0 bridgehead atoms. The quantitative estimate of drug-likeness (QED) is 0.504. The Morgan fingerprint density at radius 1 is 1.12 bits per heavy atom. The molecule has 0 aromatic heterocycles. The first-order chi connectivity index (χ1) is 12.2. The second-order valence-electron chi connectivity index (χ2n) is 6.15. The maximum Gasteiger partial charge on any atom is 0.128 e. The van der Waals surface area contributed by atoms with Crippen molar-refractivity contribution in [3.05, 3.63) is 58.1 Å². The number of nitriles is 1. The summed E-state index contributed by atoms with van der Waals surface area (Å²) in [6.45, 7) is 2.20. The summed E-state index contributed by atoms with van der Waals surface area (Å²) in [5.41, 5.74) is 3.63. The van der Waals surface area contributed by atoms with Gasteiger partial charge in [-0.25, -0.2) is 0 Å². The van der Waals surface area contributed by atoms with E-state index in [9.17, 15) is 5.26 Å². The third-order valence-corrected chi connectivity index (χ3v) is 5.04. The summed E-state index contributed by atoms with van der Waals surface area (Å²) in [7, 11) is 1.68. The maximum absolute atomic E-state index is 9.55. The van der Waals surface area contributed by atoms with Gasteiger partial charge in [-0.05, 0) is 55.2 Å². The Bertz CT molecular complexity index is 800. The summed E-state index contributed by atoms with van der Waals surface area (Å²) < 4.78 is 6.59. The highest BCUT2D eigenvalue weighted by atomic mass is 79.9. The van der Waals surface area contributed by atoms with Crippen LogP contribution in [0.3, 0.4) is 0 Å². The highest BCUT2D eigenvalue weighted by Crippen LogP contribution is 2.30. The van der Waals surface area contributed by atoms with Gasteiger partial charge in [0.1, 0.15) is 5.75 Å². The van der Waals surface area contributed by atoms with Crippen molar-refractivity contribution in [1.82, 2.24) is 0 Å². The lowest BCUT2D eigenvalue weighted by atomic mass is 10.0. The number of allylic oxidation sites excluding steroid dienone is 1. The molecule has 0 aliphatic carbocycles. The van der Waals surface area contributed by atoms with Gasteiger partial charge in [0.05, 0.1) is 18.8 Å². The summed E-state index contributed by atoms with van der Waals surface area (Å²) in [6, 6.07) is 16.3. The van der Waals surface area contributed by atoms with Crippen LogP contribution in [0.25, 0.3) is 11.6 Å². The van der Waals surface area contributed by atoms with Gasteiger partial charge in [0.25, 0.3) is 0 Å². The SMILES string of the molecule is COc1cc(N2CCCCC2)ccc1/C=C(/C#N)c1ccc(Br)cc1. The van der Waals surface area contributed by atoms with Crippen molar-refractivity contribution in [2.45, 2.75) is 19.3 Å². The monoisotopic (exact) mass is 396 g/mol. The molecule has 1 aliphatic rings. The van der Waals surface area contributed by atoms with Crippen molar-refractivity contribution in [3.8, 4) is 11.8 Å². The van der Waals surface area contributed by atoms with Crippen LogP contribution in [0, 0.1) is 11.3 Å². The van der Waals surface area contributed by atoms with E-state index in [1.807, 2.05) is 36.4 Å². The van der Waals surface area contributed by atoms with Crippen LogP contribution in [0.2, 0.25) is 0 Å². The predicted molar refractivity (Wildman–Crippen MR) is 107 cm³/mol. The molecule has 0 saturated carbocycles. The minimum atomic E-state index is 0.622. The number of methoxy groups -OCH3 is 1. The number of benzene rings is 2. The fraction of sp³-hybridized carbons (Fsp3) is 0.286. The summed E-state index contributed by atoms with van der Waals surface area (Å²) in [4.78, 5) is 2.40. The first-order valence-electron chi connectivity index (χ1n) is 8.52. The molecule has 1 aliphatic heterocycles. The predicted octanol–water partition coefficient (Wildman–Crippen LogP) is 5.51. The van der Waals surface area contributed by atoms with Crippen LogP contribution in [-0.4, -0.2) is 20.2 Å². The molecule has 1 fully saturated rings. The van der Waals surface area contributed by atoms with E-state index >= 15 is 0 Å². The minimum Gasteiger partial charge on any atom is -0.496 e. The van der Waals surface area contributed by atoms with Gasteiger partial charge in [-0.2, -0.15) is 5.26 Å². The lowest BCUT2D eigenvalue weighted by Crippen LogP contribution is -2.29. The fourth-order valence-corrected chi connectivity index (χ4v) is 3.40. The van der Waals surface area contributed by atoms with Gasteiger partial charge in [0.2, 0.25) is 0 Å². The average molecular weight is 397 g/mol. The Hall–Kier alpha value is -2.25. The largest absolute Gasteiger partial charge is 0.496 e. The minimum absolute atomic E-state index is 0.622. The van der Waals surface area contributed by atoms with E-state index in [0.717, 1.165) is 34.4 Å². The van der Waals surface area contributed by atoms with Crippen LogP contribution in [0.4, 0.5) is 5.69 Å². The number of rotatable bonds is 4. The normalized spacial score (nSPS) is 14.9. The number of hydrogen-bond acceptors (Lipinski definition) is 3. The highest BCUT2D eigenvalue weighted by Gasteiger charge is 2.13. The average Bonchev–Trinajstić information content (AvgIpc) is 2.67. The molecule has 0 atom stereocenters. The fourth-order valence-electron chi connectivity index (χ4n) is 3.13. The van der Waals surface area contributed by atoms with Crippen LogP contribution in [-0.2, 0) is 0 Å². The third-order valence-electron chi connectivity index (χ3n) is 4.51. The second kappa shape index (κ2) is 8.22. The van der Waals surface area contributed by atoms with Crippen LogP contribution in [0.5, 0.6) is 5.75 Å². The van der Waals surface area contributed by atoms with Crippen molar-refractivity contribution >= 4 is 33.3 Å². The Morgan fingerprint density at radius 3 is 2.48 bits per heavy atom. The Labute approximate surface area is 157 Å². The number of hydrogen-bond donors (Lipinski definition) is 0. The van der Waals surface area contributed by atoms with E-state index in [-0.39, 0.29) is 0 Å². The lowest BCUT2D eigenvalue weighted by molar-refractivity contribution is 0.413. The van der Waals surface area contributed by atoms with E-state index < -0.39 is 0 Å². The molecule has 2 aromatic rings. The van der Waals surface area contributed by atoms with Gasteiger partial charge in [-0.1, -0.05) is 28.1 Å². The Balaban J connectivity index is 1.92. The van der Waals surface area contributed by atoms with Crippen LogP contribution < -0.4 is 9.64 Å². The topological polar surface area (TPSA) is 36.3 Å². The first-order valence-corrected chi connectivity index (χ1v) is 9.31. The van der Waals surface area contributed by atoms with Gasteiger partial charge in [-0.15, -0.1) is 0 Å². The summed E-state index contributed by atoms with van der Waals surface area (Å²) in [5, 5.41) is 9.55. The summed E-state index contributed by atoms with van der Waals surface area (Å²) in [6.07, 6.45) is 5.69. The van der Waals surface area contributed by atoms with E-state index in [1.54, 1.807) is 7.11 Å². The van der Waals surface area contributed by atoms with Gasteiger partial charge in [0.15, 0.2) is 0 Å². The van der Waals surface area contributed by atoms with E-state index in [2.05, 4.69) is 39.0 Å². The van der Waals surface area contributed by atoms with Gasteiger partial charge >= 0.3 is 0 Å². The number of nitrogens with zero attached hydrogens (tertiary/aromatic N) is 2. The molecule has 2 aromatic carbocycles. The zero-order valence-electron chi connectivity index (χ0n) is 14.3. The molecule has 3 rings (SSSR count). The number of piperidine rings is 1. The zero-order chi connectivity index (χ0) is 17.6. The standard InChI is InChI=1S/C21H21BrN2O/c1-25-21-14-20(24-11-3-2-4-12-24)10-7-17(21)13-18(15-23)16-5-8-19(22)9-6-16/h5-10,13-14H,2-4,11-12H2,1H3/b18-13-. The van der Waals surface area contributed by atoms with Crippen molar-refractivity contribution in [1.29, 1.82) is 5.26 Å². The van der Waals surface area contributed by atoms with Crippen LogP contribution in [0.15, 0.2) is 46.9 Å². The molecular weight excluding hydrogens is 376 g/mol. The molecule has 0 radical (unpaired) electrons. The molecule has 1 heterocycles. The molecule has 0 amide bonds. The van der Waals surface area contributed by atoms with Gasteiger partial charge < -0.3 is 9.64 Å². The zero-order valence-corrected chi connectivity index (χ0v) is 15.9. The molecule has 25 heavy (non-hydrogen) atoms. The number of ether oxygens (including phenoxy) is 1. The first kappa shape index (κ1) is 17.6. The third kappa shape index (κ3) is 4.24.